The van der Waals surface area contributed by atoms with Gasteiger partial charge in [-0.3, -0.25) is 9.35 Å². The summed E-state index contributed by atoms with van der Waals surface area (Å²) in [7, 11) is -3.67. The molecule has 2 aromatic carbocycles. The molecule has 11 heteroatoms. The molecule has 0 fully saturated rings. The quantitative estimate of drug-likeness (QED) is 0.179. The monoisotopic (exact) mass is 478 g/mol. The second-order valence-corrected chi connectivity index (χ2v) is 8.47. The van der Waals surface area contributed by atoms with Crippen LogP contribution in [0.3, 0.4) is 0 Å². The smallest absolute Gasteiger partial charge is 0.343 e. The molecule has 0 aromatic heterocycles. The Labute approximate surface area is 194 Å². The van der Waals surface area contributed by atoms with Crippen LogP contribution in [0.1, 0.15) is 42.6 Å². The molecule has 1 unspecified atom stereocenters. The van der Waals surface area contributed by atoms with Crippen molar-refractivity contribution in [3.05, 3.63) is 59.7 Å². The molecule has 0 aliphatic heterocycles. The number of likely N-dealkylation sites (N-methyl/N-ethyl adjacent to an activating group) is 1. The molecule has 2 rings (SSSR count). The maximum atomic E-state index is 12.5. The average molecular weight is 479 g/mol. The third-order valence-corrected chi connectivity index (χ3v) is 4.40. The first-order valence-electron chi connectivity index (χ1n) is 10.1. The molecule has 0 saturated carbocycles. The van der Waals surface area contributed by atoms with E-state index in [1.54, 1.807) is 53.4 Å². The summed E-state index contributed by atoms with van der Waals surface area (Å²) in [5.41, 5.74) is 12.4. The fourth-order valence-corrected chi connectivity index (χ4v) is 2.76. The second kappa shape index (κ2) is 12.6. The van der Waals surface area contributed by atoms with E-state index in [0.717, 1.165) is 5.56 Å². The van der Waals surface area contributed by atoms with E-state index in [2.05, 4.69) is 4.99 Å². The van der Waals surface area contributed by atoms with Crippen molar-refractivity contribution in [2.75, 3.05) is 19.3 Å². The fourth-order valence-electron chi connectivity index (χ4n) is 2.76. The van der Waals surface area contributed by atoms with E-state index in [1.807, 2.05) is 20.8 Å². The number of hydrogen-bond donors (Lipinski definition) is 3. The Morgan fingerprint density at radius 2 is 1.52 bits per heavy atom. The zero-order valence-electron chi connectivity index (χ0n) is 19.1. The Bertz CT molecular complexity index is 1050. The summed E-state index contributed by atoms with van der Waals surface area (Å²) in [5, 5.41) is 0. The van der Waals surface area contributed by atoms with E-state index in [-0.39, 0.29) is 17.8 Å². The van der Waals surface area contributed by atoms with E-state index in [4.69, 9.17) is 20.8 Å². The number of ether oxygens (including phenoxy) is 1. The standard InChI is InChI=1S/C21H26N4O3.CH4O3S/c1-4-25(5-2)19(26)14(3)15-8-12-18(13-9-15)28-20(27)16-6-10-17(11-7-16)24-21(22)23;1-5(2,3)4/h6-14H,4-5H2,1-3H3,(H4,22,23,24);1H3,(H,2,3,4). The van der Waals surface area contributed by atoms with Gasteiger partial charge in [0.1, 0.15) is 5.75 Å². The first-order chi connectivity index (χ1) is 15.3. The van der Waals surface area contributed by atoms with Crippen molar-refractivity contribution >= 4 is 33.6 Å². The highest BCUT2D eigenvalue weighted by atomic mass is 32.2. The molecule has 2 aromatic rings. The lowest BCUT2D eigenvalue weighted by Gasteiger charge is -2.23. The maximum absolute atomic E-state index is 12.5. The van der Waals surface area contributed by atoms with Crippen LogP contribution in [0, 0.1) is 0 Å². The van der Waals surface area contributed by atoms with Crippen LogP contribution < -0.4 is 16.2 Å². The molecule has 33 heavy (non-hydrogen) atoms. The number of nitrogens with zero attached hydrogens (tertiary/aromatic N) is 2. The molecule has 180 valence electrons. The Balaban J connectivity index is 0.000000981. The Morgan fingerprint density at radius 3 is 1.94 bits per heavy atom. The van der Waals surface area contributed by atoms with Gasteiger partial charge in [0.05, 0.1) is 23.4 Å². The van der Waals surface area contributed by atoms with Gasteiger partial charge in [0.2, 0.25) is 5.91 Å². The Kier molecular flexibility index (Phi) is 10.5. The highest BCUT2D eigenvalue weighted by Crippen LogP contribution is 2.22. The normalized spacial score (nSPS) is 11.4. The maximum Gasteiger partial charge on any atom is 0.343 e. The third kappa shape index (κ3) is 10.1. The van der Waals surface area contributed by atoms with Gasteiger partial charge in [0.15, 0.2) is 5.96 Å². The predicted octanol–water partition coefficient (Wildman–Crippen LogP) is 2.29. The van der Waals surface area contributed by atoms with Gasteiger partial charge in [-0.25, -0.2) is 9.79 Å². The number of rotatable bonds is 7. The van der Waals surface area contributed by atoms with Crippen molar-refractivity contribution in [2.45, 2.75) is 26.7 Å². The molecule has 0 aliphatic rings. The van der Waals surface area contributed by atoms with Gasteiger partial charge >= 0.3 is 5.97 Å². The number of guanidine groups is 1. The Hall–Kier alpha value is -3.44. The van der Waals surface area contributed by atoms with Crippen LogP contribution in [0.15, 0.2) is 53.5 Å². The van der Waals surface area contributed by atoms with E-state index in [9.17, 15) is 18.0 Å². The van der Waals surface area contributed by atoms with Crippen molar-refractivity contribution in [3.8, 4) is 5.75 Å². The molecule has 5 N–H and O–H groups in total. The van der Waals surface area contributed by atoms with Crippen molar-refractivity contribution in [3.63, 3.8) is 0 Å². The number of carbonyl (C=O) groups excluding carboxylic acids is 2. The van der Waals surface area contributed by atoms with Gasteiger partial charge in [-0.1, -0.05) is 12.1 Å². The van der Waals surface area contributed by atoms with Crippen LogP contribution in [0.4, 0.5) is 5.69 Å². The number of hydrogen-bond acceptors (Lipinski definition) is 6. The average Bonchev–Trinajstić information content (AvgIpc) is 2.73. The van der Waals surface area contributed by atoms with Gasteiger partial charge < -0.3 is 21.1 Å². The van der Waals surface area contributed by atoms with Gasteiger partial charge in [-0.15, -0.1) is 0 Å². The molecule has 10 nitrogen and oxygen atoms in total. The first-order valence-corrected chi connectivity index (χ1v) is 11.9. The summed E-state index contributed by atoms with van der Waals surface area (Å²) in [6.45, 7) is 7.15. The molecular weight excluding hydrogens is 448 g/mol. The number of nitrogens with two attached hydrogens (primary N) is 2. The molecule has 0 aliphatic carbocycles. The van der Waals surface area contributed by atoms with E-state index in [1.165, 1.54) is 0 Å². The lowest BCUT2D eigenvalue weighted by atomic mass is 9.99. The topological polar surface area (TPSA) is 165 Å². The summed E-state index contributed by atoms with van der Waals surface area (Å²) >= 11 is 0. The summed E-state index contributed by atoms with van der Waals surface area (Å²) < 4.78 is 31.3. The highest BCUT2D eigenvalue weighted by Gasteiger charge is 2.20. The SMILES string of the molecule is CCN(CC)C(=O)C(C)c1ccc(OC(=O)c2ccc(N=C(N)N)cc2)cc1.CS(=O)(=O)O. The summed E-state index contributed by atoms with van der Waals surface area (Å²) in [6.07, 6.45) is 0.715. The van der Waals surface area contributed by atoms with Crippen molar-refractivity contribution in [1.29, 1.82) is 0 Å². The molecule has 1 amide bonds. The van der Waals surface area contributed by atoms with Crippen LogP contribution in [0.5, 0.6) is 5.75 Å². The largest absolute Gasteiger partial charge is 0.423 e. The first kappa shape index (κ1) is 27.6. The molecule has 0 saturated heterocycles. The number of aliphatic imine (C=N–C) groups is 1. The minimum absolute atomic E-state index is 0.0517. The zero-order valence-corrected chi connectivity index (χ0v) is 19.9. The van der Waals surface area contributed by atoms with Crippen LogP contribution in [-0.2, 0) is 14.9 Å². The van der Waals surface area contributed by atoms with E-state index in [0.29, 0.717) is 36.3 Å². The molecule has 0 bridgehead atoms. The number of amides is 1. The predicted molar refractivity (Wildman–Crippen MR) is 127 cm³/mol. The molecule has 0 radical (unpaired) electrons. The minimum atomic E-state index is -3.67. The van der Waals surface area contributed by atoms with Crippen molar-refractivity contribution in [2.24, 2.45) is 16.5 Å². The molecular formula is C22H30N4O6S. The van der Waals surface area contributed by atoms with E-state index >= 15 is 0 Å². The molecule has 1 atom stereocenters. The van der Waals surface area contributed by atoms with Crippen molar-refractivity contribution < 1.29 is 27.3 Å². The van der Waals surface area contributed by atoms with Gasteiger partial charge in [0.25, 0.3) is 10.1 Å². The zero-order chi connectivity index (χ0) is 25.2. The number of carbonyl (C=O) groups is 2. The molecule has 0 spiro atoms. The van der Waals surface area contributed by atoms with Gasteiger partial charge in [-0.2, -0.15) is 8.42 Å². The third-order valence-electron chi connectivity index (χ3n) is 4.40. The van der Waals surface area contributed by atoms with Crippen LogP contribution in [0.25, 0.3) is 0 Å². The van der Waals surface area contributed by atoms with Gasteiger partial charge in [0, 0.05) is 13.1 Å². The minimum Gasteiger partial charge on any atom is -0.423 e. The lowest BCUT2D eigenvalue weighted by molar-refractivity contribution is -0.132. The van der Waals surface area contributed by atoms with Gasteiger partial charge in [-0.05, 0) is 62.7 Å². The van der Waals surface area contributed by atoms with E-state index < -0.39 is 16.1 Å². The molecule has 0 heterocycles. The fraction of sp³-hybridized carbons (Fsp3) is 0.318. The van der Waals surface area contributed by atoms with Crippen LogP contribution in [0.2, 0.25) is 0 Å². The van der Waals surface area contributed by atoms with Crippen molar-refractivity contribution in [1.82, 2.24) is 4.90 Å². The Morgan fingerprint density at radius 1 is 1.03 bits per heavy atom. The van der Waals surface area contributed by atoms with Crippen LogP contribution >= 0.6 is 0 Å². The summed E-state index contributed by atoms with van der Waals surface area (Å²) in [6, 6.07) is 13.4. The van der Waals surface area contributed by atoms with Crippen LogP contribution in [-0.4, -0.2) is 55.1 Å². The summed E-state index contributed by atoms with van der Waals surface area (Å²) in [4.78, 5) is 30.4. The summed E-state index contributed by atoms with van der Waals surface area (Å²) in [5.74, 6) is -0.312. The number of esters is 1. The number of benzene rings is 2. The highest BCUT2D eigenvalue weighted by molar-refractivity contribution is 7.85. The second-order valence-electron chi connectivity index (χ2n) is 7.01. The lowest BCUT2D eigenvalue weighted by Crippen LogP contribution is -2.33.